The van der Waals surface area contributed by atoms with Crippen LogP contribution in [-0.4, -0.2) is 25.1 Å². The molecule has 7 heteroatoms. The number of rotatable bonds is 6. The zero-order chi connectivity index (χ0) is 19.4. The van der Waals surface area contributed by atoms with Crippen LogP contribution in [0.5, 0.6) is 11.5 Å². The standard InChI is InChI=1S/C20H19BrN2O3S/c1-4-16-18(12-8-10-13(21)11-9-12)22-20(27-16)23-19(24)17-14(25-2)6-5-7-15(17)26-3/h5-11H,4H2,1-3H3,(H,22,23,24). The highest BCUT2D eigenvalue weighted by molar-refractivity contribution is 9.10. The fraction of sp³-hybridized carbons (Fsp3) is 0.200. The van der Waals surface area contributed by atoms with Gasteiger partial charge >= 0.3 is 0 Å². The van der Waals surface area contributed by atoms with E-state index in [2.05, 4.69) is 33.2 Å². The molecule has 0 atom stereocenters. The van der Waals surface area contributed by atoms with Crippen LogP contribution in [0.25, 0.3) is 11.3 Å². The number of anilines is 1. The predicted octanol–water partition coefficient (Wildman–Crippen LogP) is 5.40. The summed E-state index contributed by atoms with van der Waals surface area (Å²) >= 11 is 4.92. The van der Waals surface area contributed by atoms with Crippen molar-refractivity contribution in [1.82, 2.24) is 4.98 Å². The van der Waals surface area contributed by atoms with Crippen molar-refractivity contribution >= 4 is 38.3 Å². The third kappa shape index (κ3) is 4.14. The van der Waals surface area contributed by atoms with E-state index in [0.717, 1.165) is 27.0 Å². The Morgan fingerprint density at radius 2 is 1.74 bits per heavy atom. The normalized spacial score (nSPS) is 10.5. The topological polar surface area (TPSA) is 60.5 Å². The number of carbonyl (C=O) groups is 1. The van der Waals surface area contributed by atoms with Gasteiger partial charge in [-0.3, -0.25) is 10.1 Å². The lowest BCUT2D eigenvalue weighted by molar-refractivity contribution is 0.102. The molecule has 3 aromatic rings. The van der Waals surface area contributed by atoms with Crippen LogP contribution >= 0.6 is 27.3 Å². The Labute approximate surface area is 170 Å². The SMILES string of the molecule is CCc1sc(NC(=O)c2c(OC)cccc2OC)nc1-c1ccc(Br)cc1. The van der Waals surface area contributed by atoms with Gasteiger partial charge < -0.3 is 9.47 Å². The smallest absolute Gasteiger partial charge is 0.265 e. The molecule has 0 aliphatic rings. The van der Waals surface area contributed by atoms with Crippen molar-refractivity contribution in [3.8, 4) is 22.8 Å². The van der Waals surface area contributed by atoms with Gasteiger partial charge in [0.2, 0.25) is 0 Å². The Hall–Kier alpha value is -2.38. The van der Waals surface area contributed by atoms with Gasteiger partial charge in [-0.05, 0) is 30.7 Å². The van der Waals surface area contributed by atoms with E-state index in [1.54, 1.807) is 18.2 Å². The van der Waals surface area contributed by atoms with Gasteiger partial charge in [-0.2, -0.15) is 0 Å². The molecule has 0 fully saturated rings. The van der Waals surface area contributed by atoms with Crippen LogP contribution in [0.2, 0.25) is 0 Å². The number of benzene rings is 2. The minimum Gasteiger partial charge on any atom is -0.496 e. The number of aromatic nitrogens is 1. The number of hydrogen-bond donors (Lipinski definition) is 1. The summed E-state index contributed by atoms with van der Waals surface area (Å²) in [6.07, 6.45) is 0.830. The molecule has 3 rings (SSSR count). The van der Waals surface area contributed by atoms with Gasteiger partial charge in [0.05, 0.1) is 19.9 Å². The van der Waals surface area contributed by atoms with E-state index in [0.29, 0.717) is 22.2 Å². The Kier molecular flexibility index (Phi) is 6.13. The summed E-state index contributed by atoms with van der Waals surface area (Å²) in [6.45, 7) is 2.07. The second-order valence-corrected chi connectivity index (χ2v) is 7.64. The van der Waals surface area contributed by atoms with Crippen LogP contribution < -0.4 is 14.8 Å². The van der Waals surface area contributed by atoms with E-state index >= 15 is 0 Å². The average Bonchev–Trinajstić information content (AvgIpc) is 3.10. The first-order chi connectivity index (χ1) is 13.1. The molecule has 0 saturated carbocycles. The number of carbonyl (C=O) groups excluding carboxylic acids is 1. The summed E-state index contributed by atoms with van der Waals surface area (Å²) in [5, 5.41) is 3.43. The van der Waals surface area contributed by atoms with Crippen LogP contribution in [0.4, 0.5) is 5.13 Å². The molecule has 1 aromatic heterocycles. The van der Waals surface area contributed by atoms with Gasteiger partial charge in [-0.15, -0.1) is 11.3 Å². The summed E-state index contributed by atoms with van der Waals surface area (Å²) in [5.41, 5.74) is 2.25. The first-order valence-electron chi connectivity index (χ1n) is 8.35. The maximum Gasteiger partial charge on any atom is 0.265 e. The fourth-order valence-electron chi connectivity index (χ4n) is 2.71. The summed E-state index contributed by atoms with van der Waals surface area (Å²) in [4.78, 5) is 18.6. The van der Waals surface area contributed by atoms with Crippen LogP contribution in [-0.2, 0) is 6.42 Å². The molecule has 2 aromatic carbocycles. The third-order valence-electron chi connectivity index (χ3n) is 4.01. The molecule has 0 aliphatic heterocycles. The Morgan fingerprint density at radius 1 is 1.11 bits per heavy atom. The largest absolute Gasteiger partial charge is 0.496 e. The molecule has 0 aliphatic carbocycles. The molecule has 0 saturated heterocycles. The van der Waals surface area contributed by atoms with Crippen molar-refractivity contribution in [3.63, 3.8) is 0 Å². The molecule has 0 bridgehead atoms. The molecule has 0 unspecified atom stereocenters. The highest BCUT2D eigenvalue weighted by Gasteiger charge is 2.20. The lowest BCUT2D eigenvalue weighted by Gasteiger charge is -2.11. The molecular weight excluding hydrogens is 428 g/mol. The maximum absolute atomic E-state index is 12.9. The predicted molar refractivity (Wildman–Crippen MR) is 112 cm³/mol. The quantitative estimate of drug-likeness (QED) is 0.550. The number of hydrogen-bond acceptors (Lipinski definition) is 5. The molecular formula is C20H19BrN2O3S. The van der Waals surface area contributed by atoms with Crippen molar-refractivity contribution < 1.29 is 14.3 Å². The number of halogens is 1. The minimum atomic E-state index is -0.317. The number of nitrogens with one attached hydrogen (secondary N) is 1. The molecule has 0 radical (unpaired) electrons. The number of amides is 1. The van der Waals surface area contributed by atoms with Gasteiger partial charge in [-0.25, -0.2) is 4.98 Å². The van der Waals surface area contributed by atoms with E-state index in [-0.39, 0.29) is 5.91 Å². The van der Waals surface area contributed by atoms with Gasteiger partial charge in [0.25, 0.3) is 5.91 Å². The Bertz CT molecular complexity index is 932. The van der Waals surface area contributed by atoms with Crippen molar-refractivity contribution in [2.45, 2.75) is 13.3 Å². The van der Waals surface area contributed by atoms with Gasteiger partial charge in [0, 0.05) is 14.9 Å². The Balaban J connectivity index is 1.93. The van der Waals surface area contributed by atoms with E-state index in [1.807, 2.05) is 24.3 Å². The van der Waals surface area contributed by atoms with Crippen LogP contribution in [0.3, 0.4) is 0 Å². The molecule has 1 heterocycles. The summed E-state index contributed by atoms with van der Waals surface area (Å²) in [6, 6.07) is 13.2. The molecule has 27 heavy (non-hydrogen) atoms. The number of nitrogens with zero attached hydrogens (tertiary/aromatic N) is 1. The first-order valence-corrected chi connectivity index (χ1v) is 9.96. The zero-order valence-corrected chi connectivity index (χ0v) is 17.6. The van der Waals surface area contributed by atoms with Crippen LogP contribution in [0, 0.1) is 0 Å². The number of methoxy groups -OCH3 is 2. The monoisotopic (exact) mass is 446 g/mol. The van der Waals surface area contributed by atoms with E-state index in [1.165, 1.54) is 25.6 Å². The highest BCUT2D eigenvalue weighted by atomic mass is 79.9. The van der Waals surface area contributed by atoms with E-state index in [9.17, 15) is 4.79 Å². The minimum absolute atomic E-state index is 0.317. The van der Waals surface area contributed by atoms with Gasteiger partial charge in [0.1, 0.15) is 17.1 Å². The Morgan fingerprint density at radius 3 is 2.30 bits per heavy atom. The van der Waals surface area contributed by atoms with Crippen molar-refractivity contribution in [2.24, 2.45) is 0 Å². The third-order valence-corrected chi connectivity index (χ3v) is 5.66. The molecule has 1 amide bonds. The summed E-state index contributed by atoms with van der Waals surface area (Å²) in [5.74, 6) is 0.586. The summed E-state index contributed by atoms with van der Waals surface area (Å²) < 4.78 is 11.6. The van der Waals surface area contributed by atoms with Gasteiger partial charge in [-0.1, -0.05) is 41.1 Å². The molecule has 0 spiro atoms. The fourth-order valence-corrected chi connectivity index (χ4v) is 3.90. The second kappa shape index (κ2) is 8.54. The zero-order valence-electron chi connectivity index (χ0n) is 15.2. The van der Waals surface area contributed by atoms with Crippen LogP contribution in [0.15, 0.2) is 46.9 Å². The maximum atomic E-state index is 12.9. The number of thiazole rings is 1. The van der Waals surface area contributed by atoms with Crippen molar-refractivity contribution in [1.29, 1.82) is 0 Å². The molecule has 5 nitrogen and oxygen atoms in total. The van der Waals surface area contributed by atoms with E-state index < -0.39 is 0 Å². The second-order valence-electron chi connectivity index (χ2n) is 5.64. The molecule has 140 valence electrons. The van der Waals surface area contributed by atoms with Crippen molar-refractivity contribution in [3.05, 3.63) is 57.4 Å². The van der Waals surface area contributed by atoms with Gasteiger partial charge in [0.15, 0.2) is 5.13 Å². The lowest BCUT2D eigenvalue weighted by Crippen LogP contribution is -2.14. The number of aryl methyl sites for hydroxylation is 1. The molecule has 1 N–H and O–H groups in total. The van der Waals surface area contributed by atoms with E-state index in [4.69, 9.17) is 9.47 Å². The number of ether oxygens (including phenoxy) is 2. The average molecular weight is 447 g/mol. The van der Waals surface area contributed by atoms with Crippen LogP contribution in [0.1, 0.15) is 22.2 Å². The first kappa shape index (κ1) is 19.4. The lowest BCUT2D eigenvalue weighted by atomic mass is 10.1. The summed E-state index contributed by atoms with van der Waals surface area (Å²) in [7, 11) is 3.05. The van der Waals surface area contributed by atoms with Crippen molar-refractivity contribution in [2.75, 3.05) is 19.5 Å². The highest BCUT2D eigenvalue weighted by Crippen LogP contribution is 2.34.